The van der Waals surface area contributed by atoms with E-state index in [9.17, 15) is 4.79 Å². The standard InChI is InChI=1S/C14H16ClNO2S/c1-14(2,13(17)18-3)16-8-11-12(15)9-6-4-5-7-10(9)19-11/h4-7,16H,8H2,1-3H3. The molecule has 1 aromatic heterocycles. The number of rotatable bonds is 4. The van der Waals surface area contributed by atoms with Crippen molar-refractivity contribution in [1.29, 1.82) is 0 Å². The van der Waals surface area contributed by atoms with Crippen LogP contribution in [0.4, 0.5) is 0 Å². The zero-order chi connectivity index (χ0) is 14.0. The van der Waals surface area contributed by atoms with Crippen molar-refractivity contribution in [3.63, 3.8) is 0 Å². The third-order valence-electron chi connectivity index (χ3n) is 2.99. The summed E-state index contributed by atoms with van der Waals surface area (Å²) >= 11 is 7.99. The predicted octanol–water partition coefficient (Wildman–Crippen LogP) is 3.60. The Morgan fingerprint density at radius 1 is 1.42 bits per heavy atom. The third kappa shape index (κ3) is 2.91. The largest absolute Gasteiger partial charge is 0.468 e. The average molecular weight is 298 g/mol. The van der Waals surface area contributed by atoms with Crippen LogP contribution in [0, 0.1) is 0 Å². The molecule has 0 saturated heterocycles. The molecule has 1 N–H and O–H groups in total. The minimum atomic E-state index is -0.728. The number of esters is 1. The van der Waals surface area contributed by atoms with E-state index in [-0.39, 0.29) is 5.97 Å². The van der Waals surface area contributed by atoms with E-state index >= 15 is 0 Å². The van der Waals surface area contributed by atoms with Crippen LogP contribution in [0.1, 0.15) is 18.7 Å². The van der Waals surface area contributed by atoms with Gasteiger partial charge in [-0.25, -0.2) is 0 Å². The summed E-state index contributed by atoms with van der Waals surface area (Å²) in [5, 5.41) is 4.99. The molecule has 1 heterocycles. The molecule has 0 aliphatic rings. The van der Waals surface area contributed by atoms with E-state index in [0.29, 0.717) is 6.54 Å². The highest BCUT2D eigenvalue weighted by atomic mass is 35.5. The fraction of sp³-hybridized carbons (Fsp3) is 0.357. The average Bonchev–Trinajstić information content (AvgIpc) is 2.73. The number of ether oxygens (including phenoxy) is 1. The molecule has 0 spiro atoms. The molecule has 102 valence electrons. The Hall–Kier alpha value is -1.10. The first-order valence-electron chi connectivity index (χ1n) is 5.95. The van der Waals surface area contributed by atoms with Crippen LogP contribution in [-0.2, 0) is 16.1 Å². The van der Waals surface area contributed by atoms with Gasteiger partial charge in [0, 0.05) is 21.5 Å². The SMILES string of the molecule is COC(=O)C(C)(C)NCc1sc2ccccc2c1Cl. The Bertz CT molecular complexity index is 607. The van der Waals surface area contributed by atoms with Gasteiger partial charge in [0.05, 0.1) is 12.1 Å². The van der Waals surface area contributed by atoms with Crippen molar-refractivity contribution in [1.82, 2.24) is 5.32 Å². The second kappa shape index (κ2) is 5.49. The van der Waals surface area contributed by atoms with Gasteiger partial charge in [-0.1, -0.05) is 29.8 Å². The fourth-order valence-electron chi connectivity index (χ4n) is 1.81. The number of hydrogen-bond acceptors (Lipinski definition) is 4. The first kappa shape index (κ1) is 14.3. The number of carbonyl (C=O) groups excluding carboxylic acids is 1. The predicted molar refractivity (Wildman–Crippen MR) is 79.8 cm³/mol. The minimum Gasteiger partial charge on any atom is -0.468 e. The summed E-state index contributed by atoms with van der Waals surface area (Å²) < 4.78 is 5.91. The van der Waals surface area contributed by atoms with E-state index in [1.807, 2.05) is 24.3 Å². The summed E-state index contributed by atoms with van der Waals surface area (Å²) in [6.07, 6.45) is 0. The van der Waals surface area contributed by atoms with Crippen LogP contribution >= 0.6 is 22.9 Å². The summed E-state index contributed by atoms with van der Waals surface area (Å²) in [7, 11) is 1.39. The van der Waals surface area contributed by atoms with Crippen molar-refractivity contribution in [3.8, 4) is 0 Å². The Kier molecular flexibility index (Phi) is 4.13. The van der Waals surface area contributed by atoms with Gasteiger partial charge < -0.3 is 4.74 Å². The molecule has 0 aliphatic heterocycles. The summed E-state index contributed by atoms with van der Waals surface area (Å²) in [6.45, 7) is 4.13. The van der Waals surface area contributed by atoms with Gasteiger partial charge in [0.2, 0.25) is 0 Å². The van der Waals surface area contributed by atoms with Gasteiger partial charge in [-0.3, -0.25) is 10.1 Å². The van der Waals surface area contributed by atoms with E-state index in [0.717, 1.165) is 20.0 Å². The van der Waals surface area contributed by atoms with Crippen molar-refractivity contribution in [3.05, 3.63) is 34.2 Å². The number of halogens is 1. The van der Waals surface area contributed by atoms with Gasteiger partial charge in [0.25, 0.3) is 0 Å². The number of fused-ring (bicyclic) bond motifs is 1. The number of nitrogens with one attached hydrogen (secondary N) is 1. The molecule has 5 heteroatoms. The van der Waals surface area contributed by atoms with Crippen LogP contribution in [0.25, 0.3) is 10.1 Å². The molecule has 19 heavy (non-hydrogen) atoms. The van der Waals surface area contributed by atoms with E-state index < -0.39 is 5.54 Å². The lowest BCUT2D eigenvalue weighted by Gasteiger charge is -2.22. The molecule has 0 atom stereocenters. The molecule has 1 aromatic carbocycles. The normalized spacial score (nSPS) is 11.8. The molecular formula is C14H16ClNO2S. The second-order valence-corrected chi connectivity index (χ2v) is 6.32. The van der Waals surface area contributed by atoms with Gasteiger partial charge in [0.15, 0.2) is 0 Å². The molecule has 2 aromatic rings. The van der Waals surface area contributed by atoms with Crippen LogP contribution in [-0.4, -0.2) is 18.6 Å². The van der Waals surface area contributed by atoms with Crippen molar-refractivity contribution in [2.45, 2.75) is 25.9 Å². The lowest BCUT2D eigenvalue weighted by Crippen LogP contribution is -2.46. The first-order chi connectivity index (χ1) is 8.95. The van der Waals surface area contributed by atoms with Crippen molar-refractivity contribution >= 4 is 39.0 Å². The van der Waals surface area contributed by atoms with Gasteiger partial charge in [-0.05, 0) is 19.9 Å². The molecule has 0 fully saturated rings. The highest BCUT2D eigenvalue weighted by Gasteiger charge is 2.28. The van der Waals surface area contributed by atoms with Crippen LogP contribution in [0.5, 0.6) is 0 Å². The summed E-state index contributed by atoms with van der Waals surface area (Å²) in [5.74, 6) is -0.287. The van der Waals surface area contributed by atoms with E-state index in [2.05, 4.69) is 5.32 Å². The monoisotopic (exact) mass is 297 g/mol. The molecular weight excluding hydrogens is 282 g/mol. The summed E-state index contributed by atoms with van der Waals surface area (Å²) in [6, 6.07) is 8.01. The maximum absolute atomic E-state index is 11.6. The molecule has 0 amide bonds. The number of methoxy groups -OCH3 is 1. The summed E-state index contributed by atoms with van der Waals surface area (Å²) in [5.41, 5.74) is -0.728. The highest BCUT2D eigenvalue weighted by Crippen LogP contribution is 2.35. The van der Waals surface area contributed by atoms with Crippen molar-refractivity contribution in [2.75, 3.05) is 7.11 Å². The molecule has 0 bridgehead atoms. The van der Waals surface area contributed by atoms with Crippen molar-refractivity contribution < 1.29 is 9.53 Å². The number of hydrogen-bond donors (Lipinski definition) is 1. The lowest BCUT2D eigenvalue weighted by molar-refractivity contribution is -0.147. The van der Waals surface area contributed by atoms with Crippen LogP contribution in [0.15, 0.2) is 24.3 Å². The molecule has 0 unspecified atom stereocenters. The maximum Gasteiger partial charge on any atom is 0.325 e. The van der Waals surface area contributed by atoms with Crippen LogP contribution in [0.3, 0.4) is 0 Å². The molecule has 0 saturated carbocycles. The van der Waals surface area contributed by atoms with Gasteiger partial charge in [-0.2, -0.15) is 0 Å². The highest BCUT2D eigenvalue weighted by molar-refractivity contribution is 7.19. The Morgan fingerprint density at radius 3 is 2.74 bits per heavy atom. The van der Waals surface area contributed by atoms with E-state index in [1.54, 1.807) is 25.2 Å². The Balaban J connectivity index is 2.18. The Labute approximate surface area is 121 Å². The number of carbonyl (C=O) groups is 1. The first-order valence-corrected chi connectivity index (χ1v) is 7.14. The second-order valence-electron chi connectivity index (χ2n) is 4.81. The van der Waals surface area contributed by atoms with E-state index in [1.165, 1.54) is 7.11 Å². The van der Waals surface area contributed by atoms with E-state index in [4.69, 9.17) is 16.3 Å². The van der Waals surface area contributed by atoms with Gasteiger partial charge >= 0.3 is 5.97 Å². The third-order valence-corrected chi connectivity index (χ3v) is 4.70. The number of thiophene rings is 1. The molecule has 2 rings (SSSR count). The number of benzene rings is 1. The smallest absolute Gasteiger partial charge is 0.325 e. The zero-order valence-electron chi connectivity index (χ0n) is 11.1. The van der Waals surface area contributed by atoms with Crippen LogP contribution in [0.2, 0.25) is 5.02 Å². The fourth-order valence-corrected chi connectivity index (χ4v) is 3.25. The zero-order valence-corrected chi connectivity index (χ0v) is 12.7. The molecule has 0 radical (unpaired) electrons. The van der Waals surface area contributed by atoms with Crippen molar-refractivity contribution in [2.24, 2.45) is 0 Å². The van der Waals surface area contributed by atoms with Gasteiger partial charge in [-0.15, -0.1) is 11.3 Å². The quantitative estimate of drug-likeness (QED) is 0.876. The summed E-state index contributed by atoms with van der Waals surface area (Å²) in [4.78, 5) is 12.6. The lowest BCUT2D eigenvalue weighted by atomic mass is 10.1. The van der Waals surface area contributed by atoms with Gasteiger partial charge in [0.1, 0.15) is 5.54 Å². The minimum absolute atomic E-state index is 0.287. The van der Waals surface area contributed by atoms with Crippen LogP contribution < -0.4 is 5.32 Å². The molecule has 3 nitrogen and oxygen atoms in total. The topological polar surface area (TPSA) is 38.3 Å². The Morgan fingerprint density at radius 2 is 2.11 bits per heavy atom. The maximum atomic E-state index is 11.6. The molecule has 0 aliphatic carbocycles.